The van der Waals surface area contributed by atoms with Crippen molar-refractivity contribution in [1.29, 1.82) is 0 Å². The number of aliphatic hydroxyl groups excluding tert-OH is 1. The second-order valence-electron chi connectivity index (χ2n) is 9.29. The fraction of sp³-hybridized carbons (Fsp3) is 0.250. The molecule has 0 radical (unpaired) electrons. The van der Waals surface area contributed by atoms with Gasteiger partial charge in [0.1, 0.15) is 5.56 Å². The standard InChI is InChI=1S/C28H28Cl2N6O5/c1-15(37)12-31-13-16-8-9-20(34-26(16)41-4)17-10-11-32-24(23(17)30)18-6-5-7-21(22(18)29)33-25(38)19-14-35(2)28(40)36(3)27(19)39/h5-11,14-15,31,37H,12-13H2,1-4H3,(H,33,38)/t15-/m0/s1. The van der Waals surface area contributed by atoms with Crippen LogP contribution in [-0.2, 0) is 20.6 Å². The number of halogens is 2. The molecule has 0 unspecified atom stereocenters. The van der Waals surface area contributed by atoms with Gasteiger partial charge < -0.3 is 25.0 Å². The van der Waals surface area contributed by atoms with Crippen LogP contribution in [0.1, 0.15) is 22.8 Å². The van der Waals surface area contributed by atoms with E-state index in [2.05, 4.69) is 20.6 Å². The molecular weight excluding hydrogens is 571 g/mol. The van der Waals surface area contributed by atoms with E-state index >= 15 is 0 Å². The Hall–Kier alpha value is -4.03. The Bertz CT molecular complexity index is 1730. The van der Waals surface area contributed by atoms with E-state index in [0.29, 0.717) is 41.5 Å². The molecule has 0 fully saturated rings. The number of aryl methyl sites for hydroxylation is 1. The van der Waals surface area contributed by atoms with Gasteiger partial charge in [-0.05, 0) is 25.1 Å². The van der Waals surface area contributed by atoms with Gasteiger partial charge in [-0.25, -0.2) is 9.78 Å². The summed E-state index contributed by atoms with van der Waals surface area (Å²) < 4.78 is 7.48. The molecule has 0 bridgehead atoms. The van der Waals surface area contributed by atoms with E-state index in [0.717, 1.165) is 14.7 Å². The summed E-state index contributed by atoms with van der Waals surface area (Å²) in [5, 5.41) is 15.7. The lowest BCUT2D eigenvalue weighted by molar-refractivity contribution is 0.102. The average molecular weight is 599 g/mol. The third-order valence-electron chi connectivity index (χ3n) is 6.25. The molecule has 3 N–H and O–H groups in total. The van der Waals surface area contributed by atoms with Gasteiger partial charge >= 0.3 is 5.69 Å². The second-order valence-corrected chi connectivity index (χ2v) is 10.0. The minimum Gasteiger partial charge on any atom is -0.481 e. The molecule has 1 atom stereocenters. The lowest BCUT2D eigenvalue weighted by Gasteiger charge is -2.15. The number of carbonyl (C=O) groups excluding carboxylic acids is 1. The fourth-order valence-electron chi connectivity index (χ4n) is 4.14. The first-order chi connectivity index (χ1) is 19.5. The third-order valence-corrected chi connectivity index (χ3v) is 7.04. The molecule has 41 heavy (non-hydrogen) atoms. The first-order valence-corrected chi connectivity index (χ1v) is 13.2. The molecule has 1 amide bonds. The highest BCUT2D eigenvalue weighted by atomic mass is 35.5. The van der Waals surface area contributed by atoms with Crippen LogP contribution in [0.4, 0.5) is 5.69 Å². The molecule has 0 aliphatic heterocycles. The summed E-state index contributed by atoms with van der Waals surface area (Å²) in [6.45, 7) is 2.57. The Morgan fingerprint density at radius 1 is 1.10 bits per heavy atom. The molecule has 4 rings (SSSR count). The monoisotopic (exact) mass is 598 g/mol. The summed E-state index contributed by atoms with van der Waals surface area (Å²) in [5.41, 5.74) is 1.44. The maximum atomic E-state index is 13.0. The van der Waals surface area contributed by atoms with Crippen molar-refractivity contribution < 1.29 is 14.6 Å². The normalized spacial score (nSPS) is 11.8. The largest absolute Gasteiger partial charge is 0.481 e. The van der Waals surface area contributed by atoms with Crippen LogP contribution in [0.3, 0.4) is 0 Å². The van der Waals surface area contributed by atoms with Gasteiger partial charge in [-0.15, -0.1) is 0 Å². The number of nitrogens with zero attached hydrogens (tertiary/aromatic N) is 4. The van der Waals surface area contributed by atoms with Crippen molar-refractivity contribution in [3.05, 3.63) is 90.8 Å². The number of amides is 1. The first kappa shape index (κ1) is 29.9. The Morgan fingerprint density at radius 2 is 1.85 bits per heavy atom. The van der Waals surface area contributed by atoms with Crippen LogP contribution in [0, 0.1) is 0 Å². The van der Waals surface area contributed by atoms with Crippen molar-refractivity contribution >= 4 is 34.8 Å². The number of hydrogen-bond donors (Lipinski definition) is 3. The number of ether oxygens (including phenoxy) is 1. The fourth-order valence-corrected chi connectivity index (χ4v) is 4.71. The summed E-state index contributed by atoms with van der Waals surface area (Å²) in [7, 11) is 4.26. The number of methoxy groups -OCH3 is 1. The number of anilines is 1. The van der Waals surface area contributed by atoms with Crippen molar-refractivity contribution in [2.45, 2.75) is 19.6 Å². The molecule has 4 aromatic rings. The lowest BCUT2D eigenvalue weighted by Crippen LogP contribution is -2.40. The van der Waals surface area contributed by atoms with Gasteiger partial charge in [-0.3, -0.25) is 19.1 Å². The molecule has 214 valence electrons. The van der Waals surface area contributed by atoms with Crippen LogP contribution in [0.5, 0.6) is 5.88 Å². The third kappa shape index (κ3) is 6.33. The SMILES string of the molecule is COc1nc(-c2ccnc(-c3cccc(NC(=O)c4cn(C)c(=O)n(C)c4=O)c3Cl)c2Cl)ccc1CNC[C@H](C)O. The number of pyridine rings is 2. The van der Waals surface area contributed by atoms with E-state index in [-0.39, 0.29) is 21.3 Å². The van der Waals surface area contributed by atoms with E-state index < -0.39 is 23.3 Å². The summed E-state index contributed by atoms with van der Waals surface area (Å²) in [5.74, 6) is -0.324. The van der Waals surface area contributed by atoms with Crippen LogP contribution in [0.25, 0.3) is 22.5 Å². The van der Waals surface area contributed by atoms with Gasteiger partial charge in [0, 0.05) is 56.3 Å². The number of aromatic nitrogens is 4. The zero-order valence-electron chi connectivity index (χ0n) is 22.7. The first-order valence-electron chi connectivity index (χ1n) is 12.5. The highest BCUT2D eigenvalue weighted by Gasteiger charge is 2.20. The van der Waals surface area contributed by atoms with Crippen LogP contribution in [-0.4, -0.2) is 49.9 Å². The Morgan fingerprint density at radius 3 is 2.56 bits per heavy atom. The van der Waals surface area contributed by atoms with Crippen LogP contribution >= 0.6 is 23.2 Å². The highest BCUT2D eigenvalue weighted by Crippen LogP contribution is 2.40. The summed E-state index contributed by atoms with van der Waals surface area (Å²) in [4.78, 5) is 46.5. The second kappa shape index (κ2) is 12.6. The van der Waals surface area contributed by atoms with Gasteiger partial charge in [-0.1, -0.05) is 41.4 Å². The predicted octanol–water partition coefficient (Wildman–Crippen LogP) is 3.25. The number of hydrogen-bond acceptors (Lipinski definition) is 8. The highest BCUT2D eigenvalue weighted by molar-refractivity contribution is 6.39. The number of nitrogens with one attached hydrogen (secondary N) is 2. The molecule has 0 aliphatic rings. The van der Waals surface area contributed by atoms with Crippen molar-refractivity contribution in [1.82, 2.24) is 24.4 Å². The van der Waals surface area contributed by atoms with E-state index in [1.807, 2.05) is 6.07 Å². The maximum absolute atomic E-state index is 13.0. The molecule has 0 aliphatic carbocycles. The molecule has 0 spiro atoms. The topological polar surface area (TPSA) is 140 Å². The zero-order chi connectivity index (χ0) is 29.8. The summed E-state index contributed by atoms with van der Waals surface area (Å²) in [6, 6.07) is 10.3. The van der Waals surface area contributed by atoms with E-state index in [9.17, 15) is 19.5 Å². The minimum atomic E-state index is -0.733. The molecule has 3 heterocycles. The Labute approximate surface area is 245 Å². The molecule has 0 saturated heterocycles. The van der Waals surface area contributed by atoms with Crippen molar-refractivity contribution in [2.75, 3.05) is 19.0 Å². The van der Waals surface area contributed by atoms with Crippen LogP contribution in [0.15, 0.2) is 58.4 Å². The van der Waals surface area contributed by atoms with E-state index in [4.69, 9.17) is 27.9 Å². The average Bonchev–Trinajstić information content (AvgIpc) is 2.95. The molecular formula is C28H28Cl2N6O5. The number of benzene rings is 1. The van der Waals surface area contributed by atoms with Crippen LogP contribution in [0.2, 0.25) is 10.0 Å². The van der Waals surface area contributed by atoms with Gasteiger partial charge in [0.25, 0.3) is 11.5 Å². The summed E-state index contributed by atoms with van der Waals surface area (Å²) >= 11 is 13.5. The molecule has 3 aromatic heterocycles. The van der Waals surface area contributed by atoms with Gasteiger partial charge in [-0.2, -0.15) is 0 Å². The van der Waals surface area contributed by atoms with Gasteiger partial charge in [0.15, 0.2) is 0 Å². The van der Waals surface area contributed by atoms with E-state index in [1.165, 1.54) is 27.4 Å². The van der Waals surface area contributed by atoms with E-state index in [1.54, 1.807) is 43.5 Å². The van der Waals surface area contributed by atoms with Crippen molar-refractivity contribution in [2.24, 2.45) is 14.1 Å². The maximum Gasteiger partial charge on any atom is 0.330 e. The number of carbonyl (C=O) groups is 1. The minimum absolute atomic E-state index is 0.152. The molecule has 0 saturated carbocycles. The molecule has 11 nitrogen and oxygen atoms in total. The molecule has 1 aromatic carbocycles. The van der Waals surface area contributed by atoms with Gasteiger partial charge in [0.05, 0.1) is 40.3 Å². The Kier molecular flexibility index (Phi) is 9.24. The quantitative estimate of drug-likeness (QED) is 0.267. The molecule has 13 heteroatoms. The van der Waals surface area contributed by atoms with Gasteiger partial charge in [0.2, 0.25) is 5.88 Å². The summed E-state index contributed by atoms with van der Waals surface area (Å²) in [6.07, 6.45) is 2.26. The van der Waals surface area contributed by atoms with Crippen molar-refractivity contribution in [3.8, 4) is 28.4 Å². The smallest absolute Gasteiger partial charge is 0.330 e. The van der Waals surface area contributed by atoms with Crippen molar-refractivity contribution in [3.63, 3.8) is 0 Å². The Balaban J connectivity index is 1.67. The number of rotatable bonds is 9. The van der Waals surface area contributed by atoms with Crippen LogP contribution < -0.4 is 26.6 Å². The lowest BCUT2D eigenvalue weighted by atomic mass is 10.1. The zero-order valence-corrected chi connectivity index (χ0v) is 24.2. The predicted molar refractivity (Wildman–Crippen MR) is 158 cm³/mol. The number of aliphatic hydroxyl groups is 1.